The average Bonchev–Trinajstić information content (AvgIpc) is 1.38. The standard InChI is InChI=1S/C2H5NO2.H2S/c1-3-2(4)5;/h3H,1H3,(H,4,5);1H2. The molecule has 0 saturated carbocycles. The Morgan fingerprint density at radius 2 is 2.00 bits per heavy atom. The molecule has 0 radical (unpaired) electrons. The fourth-order valence-corrected chi connectivity index (χ4v) is 0. The molecule has 0 rings (SSSR count). The van der Waals surface area contributed by atoms with Crippen molar-refractivity contribution in [2.45, 2.75) is 0 Å². The molecule has 0 bridgehead atoms. The van der Waals surface area contributed by atoms with Crippen molar-refractivity contribution in [3.8, 4) is 0 Å². The molecule has 0 saturated heterocycles. The van der Waals surface area contributed by atoms with Gasteiger partial charge in [0.15, 0.2) is 0 Å². The molecule has 0 atom stereocenters. The second kappa shape index (κ2) is 4.62. The summed E-state index contributed by atoms with van der Waals surface area (Å²) in [4.78, 5) is 9.26. The van der Waals surface area contributed by atoms with Crippen LogP contribution in [0.5, 0.6) is 0 Å². The van der Waals surface area contributed by atoms with Gasteiger partial charge in [0.2, 0.25) is 0 Å². The van der Waals surface area contributed by atoms with Gasteiger partial charge in [-0.05, 0) is 0 Å². The van der Waals surface area contributed by atoms with E-state index in [0.29, 0.717) is 0 Å². The molecule has 0 aliphatic rings. The summed E-state index contributed by atoms with van der Waals surface area (Å²) in [7, 11) is 1.35. The first-order chi connectivity index (χ1) is 2.27. The maximum absolute atomic E-state index is 9.26. The van der Waals surface area contributed by atoms with Crippen molar-refractivity contribution in [3.05, 3.63) is 0 Å². The molecule has 0 heterocycles. The number of nitrogens with one attached hydrogen (secondary N) is 1. The Hall–Kier alpha value is -0.380. The van der Waals surface area contributed by atoms with E-state index in [1.165, 1.54) is 7.05 Å². The lowest BCUT2D eigenvalue weighted by atomic mass is 11.1. The molecule has 3 nitrogen and oxygen atoms in total. The van der Waals surface area contributed by atoms with E-state index >= 15 is 0 Å². The van der Waals surface area contributed by atoms with Crippen LogP contribution in [-0.4, -0.2) is 18.2 Å². The summed E-state index contributed by atoms with van der Waals surface area (Å²) < 4.78 is 0. The lowest BCUT2D eigenvalue weighted by molar-refractivity contribution is 0.197. The van der Waals surface area contributed by atoms with Gasteiger partial charge in [-0.2, -0.15) is 13.5 Å². The molecule has 0 aliphatic carbocycles. The van der Waals surface area contributed by atoms with E-state index in [1.807, 2.05) is 5.32 Å². The van der Waals surface area contributed by atoms with Crippen molar-refractivity contribution < 1.29 is 9.90 Å². The van der Waals surface area contributed by atoms with Crippen LogP contribution in [0.15, 0.2) is 0 Å². The third-order valence-corrected chi connectivity index (χ3v) is 0.214. The Morgan fingerprint density at radius 1 is 1.83 bits per heavy atom. The Bertz CT molecular complexity index is 46.8. The lowest BCUT2D eigenvalue weighted by Gasteiger charge is -1.78. The van der Waals surface area contributed by atoms with Crippen LogP contribution in [0.4, 0.5) is 4.79 Å². The highest BCUT2D eigenvalue weighted by molar-refractivity contribution is 7.59. The van der Waals surface area contributed by atoms with Crippen LogP contribution in [0, 0.1) is 0 Å². The van der Waals surface area contributed by atoms with Gasteiger partial charge in [0.25, 0.3) is 0 Å². The van der Waals surface area contributed by atoms with E-state index in [2.05, 4.69) is 0 Å². The molecule has 0 aliphatic heterocycles. The molecular weight excluding hydrogens is 102 g/mol. The summed E-state index contributed by atoms with van der Waals surface area (Å²) in [6, 6.07) is 0. The SMILES string of the molecule is CNC(=O)O.S. The minimum Gasteiger partial charge on any atom is -0.465 e. The highest BCUT2D eigenvalue weighted by Gasteiger charge is 1.76. The number of amides is 1. The van der Waals surface area contributed by atoms with Gasteiger partial charge >= 0.3 is 6.09 Å². The average molecular weight is 109 g/mol. The van der Waals surface area contributed by atoms with Gasteiger partial charge in [-0.25, -0.2) is 4.79 Å². The predicted molar refractivity (Wildman–Crippen MR) is 27.5 cm³/mol. The van der Waals surface area contributed by atoms with Crippen molar-refractivity contribution in [2.75, 3.05) is 7.05 Å². The van der Waals surface area contributed by atoms with E-state index in [9.17, 15) is 4.79 Å². The van der Waals surface area contributed by atoms with Crippen molar-refractivity contribution in [1.29, 1.82) is 0 Å². The Kier molecular flexibility index (Phi) is 7.05. The Morgan fingerprint density at radius 3 is 2.00 bits per heavy atom. The van der Waals surface area contributed by atoms with E-state index in [0.717, 1.165) is 0 Å². The first kappa shape index (κ1) is 9.15. The summed E-state index contributed by atoms with van der Waals surface area (Å²) in [5.41, 5.74) is 0. The number of carbonyl (C=O) groups is 1. The predicted octanol–water partition coefficient (Wildman–Crippen LogP) is -0.00340. The molecule has 0 aromatic rings. The Balaban J connectivity index is 0. The normalized spacial score (nSPS) is 5.50. The fourth-order valence-electron chi connectivity index (χ4n) is 0. The molecule has 2 N–H and O–H groups in total. The largest absolute Gasteiger partial charge is 0.465 e. The molecular formula is C2H7NO2S. The minimum atomic E-state index is -0.995. The van der Waals surface area contributed by atoms with Crippen LogP contribution in [0.2, 0.25) is 0 Å². The first-order valence-corrected chi connectivity index (χ1v) is 1.18. The Labute approximate surface area is 42.8 Å². The molecule has 38 valence electrons. The van der Waals surface area contributed by atoms with Crippen LogP contribution in [0.1, 0.15) is 0 Å². The smallest absolute Gasteiger partial charge is 0.404 e. The zero-order valence-electron chi connectivity index (χ0n) is 3.36. The molecule has 6 heavy (non-hydrogen) atoms. The van der Waals surface area contributed by atoms with Gasteiger partial charge in [0.05, 0.1) is 0 Å². The van der Waals surface area contributed by atoms with Crippen molar-refractivity contribution in [3.63, 3.8) is 0 Å². The fraction of sp³-hybridized carbons (Fsp3) is 0.500. The van der Waals surface area contributed by atoms with Crippen molar-refractivity contribution >= 4 is 19.6 Å². The van der Waals surface area contributed by atoms with Gasteiger partial charge in [-0.3, -0.25) is 0 Å². The molecule has 0 aromatic carbocycles. The first-order valence-electron chi connectivity index (χ1n) is 1.18. The number of hydrogen-bond acceptors (Lipinski definition) is 1. The van der Waals surface area contributed by atoms with Crippen LogP contribution in [0.3, 0.4) is 0 Å². The zero-order chi connectivity index (χ0) is 4.28. The van der Waals surface area contributed by atoms with Crippen LogP contribution >= 0.6 is 13.5 Å². The van der Waals surface area contributed by atoms with Crippen molar-refractivity contribution in [1.82, 2.24) is 5.32 Å². The van der Waals surface area contributed by atoms with Gasteiger partial charge < -0.3 is 10.4 Å². The molecule has 0 spiro atoms. The lowest BCUT2D eigenvalue weighted by Crippen LogP contribution is -2.13. The number of rotatable bonds is 0. The van der Waals surface area contributed by atoms with E-state index < -0.39 is 6.09 Å². The van der Waals surface area contributed by atoms with E-state index in [1.54, 1.807) is 0 Å². The molecule has 0 aromatic heterocycles. The highest BCUT2D eigenvalue weighted by Crippen LogP contribution is 1.45. The third-order valence-electron chi connectivity index (χ3n) is 0.214. The maximum atomic E-state index is 9.26. The number of carboxylic acid groups (broad SMARTS) is 1. The van der Waals surface area contributed by atoms with E-state index in [4.69, 9.17) is 5.11 Å². The van der Waals surface area contributed by atoms with Gasteiger partial charge in [-0.15, -0.1) is 0 Å². The third kappa shape index (κ3) is 9.47. The molecule has 1 amide bonds. The van der Waals surface area contributed by atoms with Crippen molar-refractivity contribution in [2.24, 2.45) is 0 Å². The van der Waals surface area contributed by atoms with Crippen LogP contribution in [0.25, 0.3) is 0 Å². The van der Waals surface area contributed by atoms with Gasteiger partial charge in [0.1, 0.15) is 0 Å². The summed E-state index contributed by atoms with van der Waals surface area (Å²) in [5.74, 6) is 0. The maximum Gasteiger partial charge on any atom is 0.404 e. The second-order valence-electron chi connectivity index (χ2n) is 0.555. The monoisotopic (exact) mass is 109 g/mol. The van der Waals surface area contributed by atoms with E-state index in [-0.39, 0.29) is 13.5 Å². The highest BCUT2D eigenvalue weighted by atomic mass is 32.1. The summed E-state index contributed by atoms with van der Waals surface area (Å²) in [6.45, 7) is 0. The quantitative estimate of drug-likeness (QED) is 0.460. The van der Waals surface area contributed by atoms with Crippen LogP contribution < -0.4 is 5.32 Å². The molecule has 4 heteroatoms. The van der Waals surface area contributed by atoms with Crippen LogP contribution in [-0.2, 0) is 0 Å². The number of hydrogen-bond donors (Lipinski definition) is 2. The molecule has 0 unspecified atom stereocenters. The summed E-state index contributed by atoms with van der Waals surface area (Å²) in [5, 5.41) is 9.56. The second-order valence-corrected chi connectivity index (χ2v) is 0.555. The van der Waals surface area contributed by atoms with Gasteiger partial charge in [-0.1, -0.05) is 0 Å². The minimum absolute atomic E-state index is 0. The topological polar surface area (TPSA) is 49.3 Å². The van der Waals surface area contributed by atoms with Gasteiger partial charge in [0, 0.05) is 7.05 Å². The summed E-state index contributed by atoms with van der Waals surface area (Å²) in [6.07, 6.45) is -0.995. The zero-order valence-corrected chi connectivity index (χ0v) is 4.36. The summed E-state index contributed by atoms with van der Waals surface area (Å²) >= 11 is 0. The molecule has 0 fully saturated rings.